The first-order chi connectivity index (χ1) is 14.7. The van der Waals surface area contributed by atoms with E-state index >= 15 is 0 Å². The Labute approximate surface area is 184 Å². The molecule has 2 aliphatic rings. The van der Waals surface area contributed by atoms with Crippen LogP contribution in [-0.2, 0) is 10.2 Å². The van der Waals surface area contributed by atoms with Crippen molar-refractivity contribution < 1.29 is 14.3 Å². The smallest absolute Gasteiger partial charge is 0.274 e. The van der Waals surface area contributed by atoms with Crippen LogP contribution >= 0.6 is 22.7 Å². The van der Waals surface area contributed by atoms with E-state index in [2.05, 4.69) is 27.4 Å². The fraction of sp³-hybridized carbons (Fsp3) is 0.478. The van der Waals surface area contributed by atoms with E-state index in [0.717, 1.165) is 67.6 Å². The molecular formula is C23H26N2O3S2. The molecule has 0 atom stereocenters. The molecule has 1 aliphatic carbocycles. The molecule has 0 spiro atoms. The summed E-state index contributed by atoms with van der Waals surface area (Å²) in [4.78, 5) is 21.5. The Morgan fingerprint density at radius 2 is 2.00 bits per heavy atom. The quantitative estimate of drug-likeness (QED) is 0.542. The molecule has 1 amide bonds. The number of hydrogen-bond acceptors (Lipinski definition) is 6. The van der Waals surface area contributed by atoms with Gasteiger partial charge in [0.1, 0.15) is 11.9 Å². The average molecular weight is 443 g/mol. The van der Waals surface area contributed by atoms with Gasteiger partial charge in [0.25, 0.3) is 5.19 Å². The van der Waals surface area contributed by atoms with Crippen molar-refractivity contribution in [2.75, 3.05) is 20.2 Å². The van der Waals surface area contributed by atoms with Crippen LogP contribution in [0, 0.1) is 0 Å². The number of ether oxygens (including phenoxy) is 2. The van der Waals surface area contributed by atoms with Gasteiger partial charge in [-0.25, -0.2) is 4.98 Å². The zero-order chi connectivity index (χ0) is 20.6. The first kappa shape index (κ1) is 19.8. The molecule has 1 aromatic carbocycles. The zero-order valence-electron chi connectivity index (χ0n) is 17.1. The second kappa shape index (κ2) is 8.19. The second-order valence-electron chi connectivity index (χ2n) is 8.19. The molecule has 0 radical (unpaired) electrons. The molecule has 1 saturated carbocycles. The van der Waals surface area contributed by atoms with E-state index in [4.69, 9.17) is 9.47 Å². The van der Waals surface area contributed by atoms with Crippen molar-refractivity contribution in [3.8, 4) is 10.9 Å². The lowest BCUT2D eigenvalue weighted by Crippen LogP contribution is -2.49. The largest absolute Gasteiger partial charge is 0.497 e. The average Bonchev–Trinajstić information content (AvgIpc) is 3.53. The predicted octanol–water partition coefficient (Wildman–Crippen LogP) is 5.25. The molecular weight excluding hydrogens is 416 g/mol. The van der Waals surface area contributed by atoms with E-state index in [-0.39, 0.29) is 11.5 Å². The maximum atomic E-state index is 13.5. The number of benzene rings is 1. The van der Waals surface area contributed by atoms with E-state index in [0.29, 0.717) is 11.1 Å². The number of carbonyl (C=O) groups is 1. The Balaban J connectivity index is 1.23. The summed E-state index contributed by atoms with van der Waals surface area (Å²) in [6.07, 6.45) is 6.07. The number of methoxy groups -OCH3 is 1. The van der Waals surface area contributed by atoms with Gasteiger partial charge in [0.15, 0.2) is 0 Å². The topological polar surface area (TPSA) is 51.7 Å². The van der Waals surface area contributed by atoms with Crippen LogP contribution in [0.15, 0.2) is 35.7 Å². The summed E-state index contributed by atoms with van der Waals surface area (Å²) >= 11 is 3.28. The highest BCUT2D eigenvalue weighted by Gasteiger charge is 2.46. The summed E-state index contributed by atoms with van der Waals surface area (Å²) in [6.45, 7) is 1.52. The highest BCUT2D eigenvalue weighted by atomic mass is 32.1. The van der Waals surface area contributed by atoms with Crippen LogP contribution in [-0.4, -0.2) is 42.1 Å². The monoisotopic (exact) mass is 442 g/mol. The predicted molar refractivity (Wildman–Crippen MR) is 121 cm³/mol. The number of rotatable bonds is 5. The molecule has 2 fully saturated rings. The van der Waals surface area contributed by atoms with Gasteiger partial charge in [-0.3, -0.25) is 4.79 Å². The molecule has 3 heterocycles. The molecule has 1 saturated heterocycles. The third-order valence-electron chi connectivity index (χ3n) is 6.43. The van der Waals surface area contributed by atoms with Gasteiger partial charge in [0.05, 0.1) is 22.7 Å². The maximum Gasteiger partial charge on any atom is 0.274 e. The number of nitrogens with zero attached hydrogens (tertiary/aromatic N) is 2. The molecule has 0 unspecified atom stereocenters. The van der Waals surface area contributed by atoms with E-state index in [1.807, 2.05) is 18.2 Å². The van der Waals surface area contributed by atoms with Crippen molar-refractivity contribution in [2.45, 2.75) is 50.0 Å². The fourth-order valence-electron chi connectivity index (χ4n) is 4.78. The third-order valence-corrected chi connectivity index (χ3v) is 8.41. The van der Waals surface area contributed by atoms with Gasteiger partial charge in [-0.1, -0.05) is 30.2 Å². The maximum absolute atomic E-state index is 13.5. The van der Waals surface area contributed by atoms with E-state index in [1.54, 1.807) is 29.8 Å². The summed E-state index contributed by atoms with van der Waals surface area (Å²) in [6, 6.07) is 10.1. The van der Waals surface area contributed by atoms with E-state index in [9.17, 15) is 4.79 Å². The normalized spacial score (nSPS) is 19.3. The summed E-state index contributed by atoms with van der Waals surface area (Å²) in [7, 11) is 1.67. The molecule has 30 heavy (non-hydrogen) atoms. The summed E-state index contributed by atoms with van der Waals surface area (Å²) in [5.74, 6) is 1.16. The van der Waals surface area contributed by atoms with Crippen molar-refractivity contribution in [3.05, 3.63) is 40.6 Å². The van der Waals surface area contributed by atoms with Gasteiger partial charge in [-0.2, -0.15) is 0 Å². The zero-order valence-corrected chi connectivity index (χ0v) is 18.8. The van der Waals surface area contributed by atoms with Gasteiger partial charge >= 0.3 is 0 Å². The Bertz CT molecular complexity index is 1020. The Hall–Kier alpha value is -2.12. The lowest BCUT2D eigenvalue weighted by molar-refractivity contribution is -0.139. The molecule has 3 aromatic rings. The molecule has 0 N–H and O–H groups in total. The van der Waals surface area contributed by atoms with Crippen LogP contribution in [0.1, 0.15) is 43.4 Å². The summed E-state index contributed by atoms with van der Waals surface area (Å²) < 4.78 is 12.6. The van der Waals surface area contributed by atoms with Crippen molar-refractivity contribution in [1.82, 2.24) is 9.88 Å². The third kappa shape index (κ3) is 3.58. The number of thiophene rings is 1. The Morgan fingerprint density at radius 1 is 1.20 bits per heavy atom. The van der Waals surface area contributed by atoms with Crippen LogP contribution < -0.4 is 9.47 Å². The number of piperidine rings is 1. The summed E-state index contributed by atoms with van der Waals surface area (Å²) in [5, 5.41) is 2.80. The van der Waals surface area contributed by atoms with Crippen LogP contribution in [0.3, 0.4) is 0 Å². The number of thiazole rings is 1. The second-order valence-corrected chi connectivity index (χ2v) is 10.1. The number of fused-ring (bicyclic) bond motifs is 1. The standard InChI is InChI=1S/C23H26N2O3S2/c1-27-17-6-7-18-19(15-17)30-22(24-18)28-16-8-12-25(13-9-16)21(26)23(10-2-3-11-23)20-5-4-14-29-20/h4-7,14-16H,2-3,8-13H2,1H3. The van der Waals surface area contributed by atoms with Gasteiger partial charge in [0, 0.05) is 30.8 Å². The summed E-state index contributed by atoms with van der Waals surface area (Å²) in [5.41, 5.74) is 0.649. The molecule has 1 aliphatic heterocycles. The van der Waals surface area contributed by atoms with Crippen molar-refractivity contribution in [3.63, 3.8) is 0 Å². The van der Waals surface area contributed by atoms with Gasteiger partial charge in [-0.15, -0.1) is 11.3 Å². The first-order valence-corrected chi connectivity index (χ1v) is 12.3. The molecule has 158 valence electrons. The van der Waals surface area contributed by atoms with Crippen molar-refractivity contribution >= 4 is 38.8 Å². The first-order valence-electron chi connectivity index (χ1n) is 10.6. The highest BCUT2D eigenvalue weighted by molar-refractivity contribution is 7.20. The van der Waals surface area contributed by atoms with Crippen molar-refractivity contribution in [2.24, 2.45) is 0 Å². The SMILES string of the molecule is COc1ccc2nc(OC3CCN(C(=O)C4(c5cccs5)CCCC4)CC3)sc2c1. The minimum Gasteiger partial charge on any atom is -0.497 e. The Morgan fingerprint density at radius 3 is 2.70 bits per heavy atom. The van der Waals surface area contributed by atoms with E-state index < -0.39 is 0 Å². The molecule has 5 nitrogen and oxygen atoms in total. The highest BCUT2D eigenvalue weighted by Crippen LogP contribution is 2.45. The number of aromatic nitrogens is 1. The molecule has 5 rings (SSSR count). The van der Waals surface area contributed by atoms with E-state index in [1.165, 1.54) is 4.88 Å². The van der Waals surface area contributed by atoms with Crippen LogP contribution in [0.4, 0.5) is 0 Å². The van der Waals surface area contributed by atoms with Gasteiger partial charge in [0.2, 0.25) is 5.91 Å². The van der Waals surface area contributed by atoms with Crippen LogP contribution in [0.25, 0.3) is 10.2 Å². The van der Waals surface area contributed by atoms with Crippen LogP contribution in [0.2, 0.25) is 0 Å². The minimum absolute atomic E-state index is 0.109. The number of hydrogen-bond donors (Lipinski definition) is 0. The van der Waals surface area contributed by atoms with Crippen molar-refractivity contribution in [1.29, 1.82) is 0 Å². The van der Waals surface area contributed by atoms with Gasteiger partial charge < -0.3 is 14.4 Å². The fourth-order valence-corrected chi connectivity index (χ4v) is 6.67. The lowest BCUT2D eigenvalue weighted by Gasteiger charge is -2.38. The number of likely N-dealkylation sites (tertiary alicyclic amines) is 1. The minimum atomic E-state index is -0.284. The Kier molecular flexibility index (Phi) is 5.41. The number of amides is 1. The molecule has 2 aromatic heterocycles. The van der Waals surface area contributed by atoms with Crippen LogP contribution in [0.5, 0.6) is 10.9 Å². The number of carbonyl (C=O) groups excluding carboxylic acids is 1. The van der Waals surface area contributed by atoms with Gasteiger partial charge in [-0.05, 0) is 42.5 Å². The lowest BCUT2D eigenvalue weighted by atomic mass is 9.82. The molecule has 0 bridgehead atoms. The molecule has 7 heteroatoms.